The molecular formula is C12H14ClN3O2. The van der Waals surface area contributed by atoms with Crippen LogP contribution in [0.5, 0.6) is 0 Å². The molecule has 0 saturated carbocycles. The first kappa shape index (κ1) is 12.7. The molecule has 2 N–H and O–H groups in total. The maximum atomic E-state index is 11.3. The molecule has 0 aromatic heterocycles. The Bertz CT molecular complexity index is 502. The Morgan fingerprint density at radius 3 is 3.00 bits per heavy atom. The number of nitrogen functional groups attached to an aromatic ring is 1. The first-order valence-corrected chi connectivity index (χ1v) is 6.06. The van der Waals surface area contributed by atoms with E-state index in [0.717, 1.165) is 5.56 Å². The molecule has 5 nitrogen and oxygen atoms in total. The number of hydrazone groups is 1. The summed E-state index contributed by atoms with van der Waals surface area (Å²) in [5, 5.41) is 6.18. The molecule has 0 atom stereocenters. The van der Waals surface area contributed by atoms with E-state index in [4.69, 9.17) is 22.1 Å². The number of nitrogens with zero attached hydrogens (tertiary/aromatic N) is 2. The predicted molar refractivity (Wildman–Crippen MR) is 70.7 cm³/mol. The van der Waals surface area contributed by atoms with Gasteiger partial charge in [0.05, 0.1) is 12.3 Å². The standard InChI is InChI=1S/C12H14ClN3O2/c1-2-11(15-16-5-6-18-12(16)17)9-7-8(13)3-4-10(9)14/h3-4,7H,2,5-6,14H2,1H3/b15-11+. The summed E-state index contributed by atoms with van der Waals surface area (Å²) in [6.45, 7) is 2.77. The molecule has 0 bridgehead atoms. The lowest BCUT2D eigenvalue weighted by atomic mass is 10.1. The van der Waals surface area contributed by atoms with Crippen LogP contribution >= 0.6 is 11.6 Å². The van der Waals surface area contributed by atoms with Crippen molar-refractivity contribution in [2.45, 2.75) is 13.3 Å². The van der Waals surface area contributed by atoms with Gasteiger partial charge in [-0.05, 0) is 24.6 Å². The van der Waals surface area contributed by atoms with Crippen molar-refractivity contribution in [2.24, 2.45) is 5.10 Å². The summed E-state index contributed by atoms with van der Waals surface area (Å²) >= 11 is 5.95. The summed E-state index contributed by atoms with van der Waals surface area (Å²) in [6.07, 6.45) is 0.218. The van der Waals surface area contributed by atoms with Crippen LogP contribution in [-0.2, 0) is 4.74 Å². The summed E-state index contributed by atoms with van der Waals surface area (Å²) in [5.74, 6) is 0. The highest BCUT2D eigenvalue weighted by Crippen LogP contribution is 2.20. The quantitative estimate of drug-likeness (QED) is 0.676. The fourth-order valence-electron chi connectivity index (χ4n) is 1.72. The molecule has 6 heteroatoms. The van der Waals surface area contributed by atoms with E-state index < -0.39 is 6.09 Å². The molecule has 1 amide bonds. The van der Waals surface area contributed by atoms with E-state index in [1.165, 1.54) is 5.01 Å². The van der Waals surface area contributed by atoms with Crippen molar-refractivity contribution in [3.05, 3.63) is 28.8 Å². The minimum absolute atomic E-state index is 0.365. The van der Waals surface area contributed by atoms with Crippen LogP contribution in [0.1, 0.15) is 18.9 Å². The number of ether oxygens (including phenoxy) is 1. The third-order valence-electron chi connectivity index (χ3n) is 2.64. The van der Waals surface area contributed by atoms with Crippen LogP contribution in [0.2, 0.25) is 5.02 Å². The molecule has 96 valence electrons. The predicted octanol–water partition coefficient (Wildman–Crippen LogP) is 2.49. The largest absolute Gasteiger partial charge is 0.446 e. The van der Waals surface area contributed by atoms with Gasteiger partial charge in [0.2, 0.25) is 0 Å². The van der Waals surface area contributed by atoms with E-state index in [0.29, 0.717) is 36.0 Å². The average molecular weight is 268 g/mol. The topological polar surface area (TPSA) is 67.9 Å². The van der Waals surface area contributed by atoms with E-state index in [2.05, 4.69) is 5.10 Å². The van der Waals surface area contributed by atoms with Gasteiger partial charge in [-0.25, -0.2) is 4.79 Å². The molecule has 1 saturated heterocycles. The Morgan fingerprint density at radius 2 is 2.39 bits per heavy atom. The molecule has 1 aromatic rings. The highest BCUT2D eigenvalue weighted by Gasteiger charge is 2.22. The lowest BCUT2D eigenvalue weighted by molar-refractivity contribution is 0.159. The number of nitrogens with two attached hydrogens (primary N) is 1. The molecular weight excluding hydrogens is 254 g/mol. The first-order valence-electron chi connectivity index (χ1n) is 5.69. The molecule has 1 fully saturated rings. The zero-order valence-electron chi connectivity index (χ0n) is 10.0. The Kier molecular flexibility index (Phi) is 3.72. The second-order valence-electron chi connectivity index (χ2n) is 3.87. The number of carbonyl (C=O) groups excluding carboxylic acids is 1. The van der Waals surface area contributed by atoms with Crippen molar-refractivity contribution in [3.63, 3.8) is 0 Å². The highest BCUT2D eigenvalue weighted by atomic mass is 35.5. The third kappa shape index (κ3) is 2.56. The van der Waals surface area contributed by atoms with Gasteiger partial charge in [-0.15, -0.1) is 0 Å². The maximum absolute atomic E-state index is 11.3. The van der Waals surface area contributed by atoms with Crippen LogP contribution in [0.25, 0.3) is 0 Å². The molecule has 2 rings (SSSR count). The summed E-state index contributed by atoms with van der Waals surface area (Å²) in [4.78, 5) is 11.3. The van der Waals surface area contributed by atoms with Gasteiger partial charge in [0.15, 0.2) is 0 Å². The zero-order valence-corrected chi connectivity index (χ0v) is 10.8. The fourth-order valence-corrected chi connectivity index (χ4v) is 1.89. The number of rotatable bonds is 3. The zero-order chi connectivity index (χ0) is 13.1. The Balaban J connectivity index is 2.35. The number of anilines is 1. The second-order valence-corrected chi connectivity index (χ2v) is 4.31. The van der Waals surface area contributed by atoms with Gasteiger partial charge in [0.25, 0.3) is 0 Å². The normalized spacial score (nSPS) is 16.0. The molecule has 1 heterocycles. The van der Waals surface area contributed by atoms with Gasteiger partial charge >= 0.3 is 6.09 Å². The number of cyclic esters (lactones) is 1. The second kappa shape index (κ2) is 5.27. The number of hydrogen-bond acceptors (Lipinski definition) is 4. The van der Waals surface area contributed by atoms with E-state index in [1.54, 1.807) is 18.2 Å². The van der Waals surface area contributed by atoms with Crippen molar-refractivity contribution >= 4 is 29.1 Å². The lowest BCUT2D eigenvalue weighted by Gasteiger charge is -2.11. The summed E-state index contributed by atoms with van der Waals surface area (Å²) < 4.78 is 4.82. The van der Waals surface area contributed by atoms with Crippen LogP contribution < -0.4 is 5.73 Å². The number of carbonyl (C=O) groups is 1. The van der Waals surface area contributed by atoms with E-state index in [1.807, 2.05) is 6.92 Å². The average Bonchev–Trinajstić information content (AvgIpc) is 2.75. The van der Waals surface area contributed by atoms with Crippen molar-refractivity contribution in [2.75, 3.05) is 18.9 Å². The van der Waals surface area contributed by atoms with E-state index >= 15 is 0 Å². The van der Waals surface area contributed by atoms with E-state index in [9.17, 15) is 4.79 Å². The Labute approximate surface area is 110 Å². The van der Waals surface area contributed by atoms with Crippen LogP contribution in [-0.4, -0.2) is 30.0 Å². The maximum Gasteiger partial charge on any atom is 0.430 e. The summed E-state index contributed by atoms with van der Waals surface area (Å²) in [7, 11) is 0. The van der Waals surface area contributed by atoms with Crippen molar-refractivity contribution in [1.82, 2.24) is 5.01 Å². The monoisotopic (exact) mass is 267 g/mol. The smallest absolute Gasteiger partial charge is 0.430 e. The van der Waals surface area contributed by atoms with Gasteiger partial charge < -0.3 is 10.5 Å². The summed E-state index contributed by atoms with van der Waals surface area (Å²) in [5.41, 5.74) is 7.96. The fraction of sp³-hybridized carbons (Fsp3) is 0.333. The van der Waals surface area contributed by atoms with Crippen molar-refractivity contribution < 1.29 is 9.53 Å². The molecule has 0 unspecified atom stereocenters. The Morgan fingerprint density at radius 1 is 1.61 bits per heavy atom. The minimum atomic E-state index is -0.429. The van der Waals surface area contributed by atoms with Gasteiger partial charge in [-0.1, -0.05) is 18.5 Å². The SMILES string of the molecule is CC/C(=N\N1CCOC1=O)c1cc(Cl)ccc1N. The molecule has 0 radical (unpaired) electrons. The van der Waals surface area contributed by atoms with E-state index in [-0.39, 0.29) is 0 Å². The minimum Gasteiger partial charge on any atom is -0.446 e. The lowest BCUT2D eigenvalue weighted by Crippen LogP contribution is -2.20. The van der Waals surface area contributed by atoms with Crippen molar-refractivity contribution in [1.29, 1.82) is 0 Å². The van der Waals surface area contributed by atoms with Crippen molar-refractivity contribution in [3.8, 4) is 0 Å². The van der Waals surface area contributed by atoms with Crippen LogP contribution in [0.4, 0.5) is 10.5 Å². The number of hydrogen-bond donors (Lipinski definition) is 1. The molecule has 0 spiro atoms. The Hall–Kier alpha value is -1.75. The van der Waals surface area contributed by atoms with Crippen LogP contribution in [0.3, 0.4) is 0 Å². The number of benzene rings is 1. The van der Waals surface area contributed by atoms with Gasteiger partial charge in [0.1, 0.15) is 6.61 Å². The highest BCUT2D eigenvalue weighted by molar-refractivity contribution is 6.31. The molecule has 1 aliphatic rings. The first-order chi connectivity index (χ1) is 8.61. The molecule has 18 heavy (non-hydrogen) atoms. The third-order valence-corrected chi connectivity index (χ3v) is 2.88. The van der Waals surface area contributed by atoms with Crippen LogP contribution in [0.15, 0.2) is 23.3 Å². The number of halogens is 1. The van der Waals surface area contributed by atoms with Gasteiger partial charge in [-0.3, -0.25) is 0 Å². The summed E-state index contributed by atoms with van der Waals surface area (Å²) in [6, 6.07) is 5.20. The molecule has 1 aromatic carbocycles. The molecule has 1 aliphatic heterocycles. The van der Waals surface area contributed by atoms with Crippen LogP contribution in [0, 0.1) is 0 Å². The number of amides is 1. The molecule has 0 aliphatic carbocycles. The van der Waals surface area contributed by atoms with Gasteiger partial charge in [0, 0.05) is 16.3 Å². The van der Waals surface area contributed by atoms with Gasteiger partial charge in [-0.2, -0.15) is 10.1 Å².